The number of carboxylic acids is 1. The summed E-state index contributed by atoms with van der Waals surface area (Å²) in [4.78, 5) is 12.4. The van der Waals surface area contributed by atoms with E-state index in [0.717, 1.165) is 23.0 Å². The van der Waals surface area contributed by atoms with Gasteiger partial charge in [-0.25, -0.2) is 9.18 Å². The molecular formula is C16H14FNO2. The Morgan fingerprint density at radius 2 is 1.55 bits per heavy atom. The highest BCUT2D eigenvalue weighted by molar-refractivity contribution is 5.85. The van der Waals surface area contributed by atoms with Gasteiger partial charge in [-0.15, -0.1) is 0 Å². The molecular weight excluding hydrogens is 257 g/mol. The summed E-state index contributed by atoms with van der Waals surface area (Å²) in [7, 11) is 1.88. The number of anilines is 2. The van der Waals surface area contributed by atoms with Crippen LogP contribution in [0.5, 0.6) is 0 Å². The van der Waals surface area contributed by atoms with E-state index in [1.807, 2.05) is 36.2 Å². The molecule has 0 aliphatic heterocycles. The van der Waals surface area contributed by atoms with Crippen molar-refractivity contribution in [3.8, 4) is 0 Å². The number of aliphatic carboxylic acids is 1. The van der Waals surface area contributed by atoms with Gasteiger partial charge in [0.05, 0.1) is 0 Å². The van der Waals surface area contributed by atoms with Crippen molar-refractivity contribution in [3.05, 3.63) is 66.0 Å². The number of hydrogen-bond donors (Lipinski definition) is 1. The smallest absolute Gasteiger partial charge is 0.328 e. The van der Waals surface area contributed by atoms with Crippen LogP contribution in [0.1, 0.15) is 5.56 Å². The van der Waals surface area contributed by atoms with E-state index in [1.54, 1.807) is 12.1 Å². The highest BCUT2D eigenvalue weighted by Gasteiger charge is 2.03. The molecule has 20 heavy (non-hydrogen) atoms. The normalized spacial score (nSPS) is 10.7. The lowest BCUT2D eigenvalue weighted by Gasteiger charge is -2.19. The van der Waals surface area contributed by atoms with Gasteiger partial charge in [-0.2, -0.15) is 0 Å². The zero-order chi connectivity index (χ0) is 14.5. The van der Waals surface area contributed by atoms with Crippen molar-refractivity contribution in [3.63, 3.8) is 0 Å². The Labute approximate surface area is 116 Å². The maximum atomic E-state index is 12.9. The molecule has 2 aromatic carbocycles. The molecule has 0 fully saturated rings. The van der Waals surface area contributed by atoms with E-state index in [-0.39, 0.29) is 5.82 Å². The second kappa shape index (κ2) is 6.02. The SMILES string of the molecule is CN(c1ccc(F)cc1)c1ccc(C=CC(=O)O)cc1. The molecule has 0 radical (unpaired) electrons. The van der Waals surface area contributed by atoms with E-state index in [2.05, 4.69) is 0 Å². The third kappa shape index (κ3) is 3.45. The van der Waals surface area contributed by atoms with Crippen molar-refractivity contribution in [2.75, 3.05) is 11.9 Å². The van der Waals surface area contributed by atoms with Gasteiger partial charge < -0.3 is 10.0 Å². The van der Waals surface area contributed by atoms with Crippen molar-refractivity contribution in [2.45, 2.75) is 0 Å². The first kappa shape index (κ1) is 13.8. The Balaban J connectivity index is 2.17. The summed E-state index contributed by atoms with van der Waals surface area (Å²) in [5, 5.41) is 8.56. The number of nitrogens with zero attached hydrogens (tertiary/aromatic N) is 1. The zero-order valence-electron chi connectivity index (χ0n) is 11.0. The Morgan fingerprint density at radius 3 is 2.05 bits per heavy atom. The summed E-state index contributed by atoms with van der Waals surface area (Å²) >= 11 is 0. The second-order valence-electron chi connectivity index (χ2n) is 4.30. The highest BCUT2D eigenvalue weighted by atomic mass is 19.1. The van der Waals surface area contributed by atoms with Crippen LogP contribution in [-0.4, -0.2) is 18.1 Å². The predicted octanol–water partition coefficient (Wildman–Crippen LogP) is 3.69. The summed E-state index contributed by atoms with van der Waals surface area (Å²) in [6, 6.07) is 13.6. The van der Waals surface area contributed by atoms with Gasteiger partial charge in [0.15, 0.2) is 0 Å². The fourth-order valence-corrected chi connectivity index (χ4v) is 1.79. The molecule has 0 unspecified atom stereocenters. The van der Waals surface area contributed by atoms with Gasteiger partial charge in [0.2, 0.25) is 0 Å². The van der Waals surface area contributed by atoms with Crippen molar-refractivity contribution in [1.82, 2.24) is 0 Å². The lowest BCUT2D eigenvalue weighted by atomic mass is 10.1. The molecule has 0 bridgehead atoms. The van der Waals surface area contributed by atoms with Crippen molar-refractivity contribution in [1.29, 1.82) is 0 Å². The fraction of sp³-hybridized carbons (Fsp3) is 0.0625. The molecule has 0 heterocycles. The van der Waals surface area contributed by atoms with Gasteiger partial charge >= 0.3 is 5.97 Å². The van der Waals surface area contributed by atoms with E-state index in [4.69, 9.17) is 5.11 Å². The highest BCUT2D eigenvalue weighted by Crippen LogP contribution is 2.24. The van der Waals surface area contributed by atoms with Crippen LogP contribution < -0.4 is 4.90 Å². The zero-order valence-corrected chi connectivity index (χ0v) is 11.0. The summed E-state index contributed by atoms with van der Waals surface area (Å²) in [6.07, 6.45) is 2.63. The molecule has 3 nitrogen and oxygen atoms in total. The molecule has 102 valence electrons. The number of hydrogen-bond acceptors (Lipinski definition) is 2. The topological polar surface area (TPSA) is 40.5 Å². The maximum Gasteiger partial charge on any atom is 0.328 e. The Morgan fingerprint density at radius 1 is 1.05 bits per heavy atom. The Bertz CT molecular complexity index is 618. The van der Waals surface area contributed by atoms with Crippen LogP contribution in [0.2, 0.25) is 0 Å². The van der Waals surface area contributed by atoms with Crippen LogP contribution in [0.3, 0.4) is 0 Å². The van der Waals surface area contributed by atoms with Gasteiger partial charge in [-0.1, -0.05) is 12.1 Å². The van der Waals surface area contributed by atoms with Gasteiger partial charge in [-0.05, 0) is 48.0 Å². The molecule has 2 aromatic rings. The van der Waals surface area contributed by atoms with Gasteiger partial charge in [0.25, 0.3) is 0 Å². The van der Waals surface area contributed by atoms with Crippen LogP contribution >= 0.6 is 0 Å². The van der Waals surface area contributed by atoms with E-state index in [9.17, 15) is 9.18 Å². The monoisotopic (exact) mass is 271 g/mol. The number of carbonyl (C=O) groups is 1. The van der Waals surface area contributed by atoms with Crippen molar-refractivity contribution >= 4 is 23.4 Å². The first-order chi connectivity index (χ1) is 9.56. The molecule has 1 N–H and O–H groups in total. The van der Waals surface area contributed by atoms with Crippen LogP contribution in [0.25, 0.3) is 6.08 Å². The third-order valence-electron chi connectivity index (χ3n) is 2.91. The largest absolute Gasteiger partial charge is 0.478 e. The quantitative estimate of drug-likeness (QED) is 0.862. The molecule has 0 saturated carbocycles. The average molecular weight is 271 g/mol. The molecule has 0 aliphatic carbocycles. The minimum atomic E-state index is -0.975. The lowest BCUT2D eigenvalue weighted by molar-refractivity contribution is -0.131. The minimum absolute atomic E-state index is 0.267. The minimum Gasteiger partial charge on any atom is -0.478 e. The van der Waals surface area contributed by atoms with E-state index < -0.39 is 5.97 Å². The summed E-state index contributed by atoms with van der Waals surface area (Å²) < 4.78 is 12.9. The fourth-order valence-electron chi connectivity index (χ4n) is 1.79. The van der Waals surface area contributed by atoms with Gasteiger partial charge in [-0.3, -0.25) is 0 Å². The first-order valence-electron chi connectivity index (χ1n) is 6.06. The molecule has 0 aliphatic rings. The number of halogens is 1. The first-order valence-corrected chi connectivity index (χ1v) is 6.06. The summed E-state index contributed by atoms with van der Waals surface area (Å²) in [5.41, 5.74) is 2.62. The Kier molecular flexibility index (Phi) is 4.15. The van der Waals surface area contributed by atoms with Crippen LogP contribution in [0.15, 0.2) is 54.6 Å². The average Bonchev–Trinajstić information content (AvgIpc) is 2.46. The maximum absolute atomic E-state index is 12.9. The van der Waals surface area contributed by atoms with E-state index in [0.29, 0.717) is 0 Å². The molecule has 0 amide bonds. The second-order valence-corrected chi connectivity index (χ2v) is 4.30. The lowest BCUT2D eigenvalue weighted by Crippen LogP contribution is -2.09. The number of benzene rings is 2. The molecule has 0 atom stereocenters. The van der Waals surface area contributed by atoms with Crippen molar-refractivity contribution in [2.24, 2.45) is 0 Å². The Hall–Kier alpha value is -2.62. The summed E-state index contributed by atoms with van der Waals surface area (Å²) in [6.45, 7) is 0. The van der Waals surface area contributed by atoms with Crippen LogP contribution in [-0.2, 0) is 4.79 Å². The molecule has 4 heteroatoms. The van der Waals surface area contributed by atoms with Gasteiger partial charge in [0, 0.05) is 24.5 Å². The predicted molar refractivity (Wildman–Crippen MR) is 77.6 cm³/mol. The van der Waals surface area contributed by atoms with Crippen LogP contribution in [0.4, 0.5) is 15.8 Å². The van der Waals surface area contributed by atoms with E-state index >= 15 is 0 Å². The number of rotatable bonds is 4. The van der Waals surface area contributed by atoms with E-state index in [1.165, 1.54) is 18.2 Å². The van der Waals surface area contributed by atoms with Crippen LogP contribution in [0, 0.1) is 5.82 Å². The number of carboxylic acid groups (broad SMARTS) is 1. The molecule has 0 spiro atoms. The van der Waals surface area contributed by atoms with Crippen molar-refractivity contribution < 1.29 is 14.3 Å². The molecule has 2 rings (SSSR count). The van der Waals surface area contributed by atoms with Gasteiger partial charge in [0.1, 0.15) is 5.82 Å². The standard InChI is InChI=1S/C16H14FNO2/c1-18(15-9-5-13(17)6-10-15)14-7-2-12(3-8-14)4-11-16(19)20/h2-11H,1H3,(H,19,20). The molecule has 0 saturated heterocycles. The summed E-state index contributed by atoms with van der Waals surface area (Å²) in [5.74, 6) is -1.24. The third-order valence-corrected chi connectivity index (χ3v) is 2.91. The molecule has 0 aromatic heterocycles.